The van der Waals surface area contributed by atoms with Crippen molar-refractivity contribution in [1.29, 1.82) is 0 Å². The molecule has 0 radical (unpaired) electrons. The third-order valence-corrected chi connectivity index (χ3v) is 3.85. The van der Waals surface area contributed by atoms with Crippen LogP contribution in [0.5, 0.6) is 0 Å². The second kappa shape index (κ2) is 6.48. The van der Waals surface area contributed by atoms with Crippen molar-refractivity contribution in [2.45, 2.75) is 19.6 Å². The van der Waals surface area contributed by atoms with Gasteiger partial charge in [-0.15, -0.1) is 0 Å². The van der Waals surface area contributed by atoms with E-state index in [1.54, 1.807) is 0 Å². The zero-order valence-corrected chi connectivity index (χ0v) is 13.9. The van der Waals surface area contributed by atoms with Crippen LogP contribution in [0.3, 0.4) is 0 Å². The number of anilines is 1. The van der Waals surface area contributed by atoms with Gasteiger partial charge in [0.1, 0.15) is 12.4 Å². The van der Waals surface area contributed by atoms with Gasteiger partial charge in [0.15, 0.2) is 5.69 Å². The number of nitrogens with zero attached hydrogens (tertiary/aromatic N) is 2. The Kier molecular flexibility index (Phi) is 5.00. The van der Waals surface area contributed by atoms with Gasteiger partial charge in [-0.25, -0.2) is 4.39 Å². The highest BCUT2D eigenvalue weighted by Crippen LogP contribution is 2.35. The average Bonchev–Trinajstić information content (AvgIpc) is 2.70. The Balaban J connectivity index is 2.18. The van der Waals surface area contributed by atoms with E-state index < -0.39 is 35.2 Å². The minimum Gasteiger partial charge on any atom is -0.322 e. The van der Waals surface area contributed by atoms with E-state index in [0.29, 0.717) is 4.47 Å². The molecule has 124 valence electrons. The lowest BCUT2D eigenvalue weighted by Crippen LogP contribution is -2.21. The van der Waals surface area contributed by atoms with E-state index in [2.05, 4.69) is 26.3 Å². The summed E-state index contributed by atoms with van der Waals surface area (Å²) in [5.41, 5.74) is -1.37. The molecule has 0 saturated carbocycles. The first-order valence-corrected chi connectivity index (χ1v) is 7.31. The highest BCUT2D eigenvalue weighted by atomic mass is 79.9. The quantitative estimate of drug-likeness (QED) is 0.757. The van der Waals surface area contributed by atoms with Gasteiger partial charge >= 0.3 is 6.18 Å². The van der Waals surface area contributed by atoms with Gasteiger partial charge < -0.3 is 5.32 Å². The second-order valence-electron chi connectivity index (χ2n) is 4.58. The summed E-state index contributed by atoms with van der Waals surface area (Å²) in [5, 5.41) is 4.99. The van der Waals surface area contributed by atoms with Crippen LogP contribution in [-0.4, -0.2) is 15.7 Å². The number of carbonyl (C=O) groups is 1. The van der Waals surface area contributed by atoms with E-state index in [4.69, 9.17) is 11.6 Å². The van der Waals surface area contributed by atoms with E-state index in [9.17, 15) is 22.4 Å². The first-order chi connectivity index (χ1) is 10.6. The summed E-state index contributed by atoms with van der Waals surface area (Å²) in [7, 11) is 0. The molecule has 1 amide bonds. The van der Waals surface area contributed by atoms with Crippen LogP contribution in [0.15, 0.2) is 22.7 Å². The standard InChI is InChI=1S/C13H9BrClF4N3O/c1-6-11(15)12(13(17,18)19)21-22(6)5-10(23)20-9-3-2-7(14)4-8(9)16/h2-4H,5H2,1H3,(H,20,23). The molecule has 0 unspecified atom stereocenters. The maximum atomic E-state index is 13.6. The van der Waals surface area contributed by atoms with Crippen LogP contribution >= 0.6 is 27.5 Å². The Morgan fingerprint density at radius 3 is 2.61 bits per heavy atom. The van der Waals surface area contributed by atoms with Crippen molar-refractivity contribution in [2.24, 2.45) is 0 Å². The molecule has 0 fully saturated rings. The summed E-state index contributed by atoms with van der Waals surface area (Å²) in [6.07, 6.45) is -4.72. The fourth-order valence-electron chi connectivity index (χ4n) is 1.78. The van der Waals surface area contributed by atoms with Gasteiger partial charge in [0.25, 0.3) is 0 Å². The first kappa shape index (κ1) is 17.7. The highest BCUT2D eigenvalue weighted by molar-refractivity contribution is 9.10. The SMILES string of the molecule is Cc1c(Cl)c(C(F)(F)F)nn1CC(=O)Nc1ccc(Br)cc1F. The fraction of sp³-hybridized carbons (Fsp3) is 0.231. The molecular formula is C13H9BrClF4N3O. The maximum Gasteiger partial charge on any atom is 0.436 e. The van der Waals surface area contributed by atoms with Crippen molar-refractivity contribution in [3.05, 3.63) is 44.9 Å². The number of hydrogen-bond acceptors (Lipinski definition) is 2. The van der Waals surface area contributed by atoms with Crippen molar-refractivity contribution in [1.82, 2.24) is 9.78 Å². The molecule has 2 aromatic rings. The molecule has 0 aliphatic heterocycles. The van der Waals surface area contributed by atoms with Crippen LogP contribution in [0.2, 0.25) is 5.02 Å². The van der Waals surface area contributed by atoms with Crippen LogP contribution in [0, 0.1) is 12.7 Å². The summed E-state index contributed by atoms with van der Waals surface area (Å²) in [5.74, 6) is -1.42. The van der Waals surface area contributed by atoms with E-state index in [1.165, 1.54) is 19.1 Å². The van der Waals surface area contributed by atoms with Crippen LogP contribution in [0.4, 0.5) is 23.2 Å². The van der Waals surface area contributed by atoms with Crippen molar-refractivity contribution in [3.63, 3.8) is 0 Å². The van der Waals surface area contributed by atoms with Crippen molar-refractivity contribution in [3.8, 4) is 0 Å². The molecule has 1 N–H and O–H groups in total. The van der Waals surface area contributed by atoms with E-state index >= 15 is 0 Å². The number of benzene rings is 1. The number of nitrogens with one attached hydrogen (secondary N) is 1. The molecule has 0 spiro atoms. The van der Waals surface area contributed by atoms with E-state index in [0.717, 1.165) is 10.7 Å². The van der Waals surface area contributed by atoms with Gasteiger partial charge in [-0.1, -0.05) is 27.5 Å². The van der Waals surface area contributed by atoms with Gasteiger partial charge in [-0.2, -0.15) is 18.3 Å². The third-order valence-electron chi connectivity index (χ3n) is 2.90. The molecule has 1 aromatic heterocycles. The highest BCUT2D eigenvalue weighted by Gasteiger charge is 2.38. The molecule has 0 aliphatic carbocycles. The number of aromatic nitrogens is 2. The largest absolute Gasteiger partial charge is 0.436 e. The zero-order valence-electron chi connectivity index (χ0n) is 11.5. The van der Waals surface area contributed by atoms with Gasteiger partial charge in [-0.05, 0) is 25.1 Å². The molecule has 10 heteroatoms. The number of halogens is 6. The molecule has 0 bridgehead atoms. The Morgan fingerprint density at radius 2 is 2.09 bits per heavy atom. The lowest BCUT2D eigenvalue weighted by Gasteiger charge is -2.08. The molecule has 4 nitrogen and oxygen atoms in total. The van der Waals surface area contributed by atoms with Gasteiger partial charge in [0, 0.05) is 4.47 Å². The van der Waals surface area contributed by atoms with E-state index in [-0.39, 0.29) is 11.4 Å². The number of hydrogen-bond donors (Lipinski definition) is 1. The topological polar surface area (TPSA) is 46.9 Å². The smallest absolute Gasteiger partial charge is 0.322 e. The van der Waals surface area contributed by atoms with Crippen molar-refractivity contribution in [2.75, 3.05) is 5.32 Å². The Hall–Kier alpha value is -1.61. The van der Waals surface area contributed by atoms with Crippen LogP contribution in [0.25, 0.3) is 0 Å². The number of rotatable bonds is 3. The summed E-state index contributed by atoms with van der Waals surface area (Å²) >= 11 is 8.65. The summed E-state index contributed by atoms with van der Waals surface area (Å²) in [6, 6.07) is 3.98. The lowest BCUT2D eigenvalue weighted by molar-refractivity contribution is -0.141. The second-order valence-corrected chi connectivity index (χ2v) is 5.87. The minimum absolute atomic E-state index is 0.00887. The Bertz CT molecular complexity index is 760. The molecule has 0 aliphatic rings. The molecule has 1 aromatic carbocycles. The van der Waals surface area contributed by atoms with Gasteiger partial charge in [0.05, 0.1) is 16.4 Å². The minimum atomic E-state index is -4.72. The summed E-state index contributed by atoms with van der Waals surface area (Å²) in [4.78, 5) is 11.9. The van der Waals surface area contributed by atoms with Gasteiger partial charge in [-0.3, -0.25) is 9.48 Å². The van der Waals surface area contributed by atoms with Gasteiger partial charge in [0.2, 0.25) is 5.91 Å². The predicted octanol–water partition coefficient (Wildman–Crippen LogP) is 4.40. The fourth-order valence-corrected chi connectivity index (χ4v) is 2.35. The van der Waals surface area contributed by atoms with Crippen LogP contribution in [-0.2, 0) is 17.5 Å². The molecular weight excluding hydrogens is 406 g/mol. The average molecular weight is 415 g/mol. The molecule has 23 heavy (non-hydrogen) atoms. The van der Waals surface area contributed by atoms with Crippen molar-refractivity contribution >= 4 is 39.1 Å². The molecule has 1 heterocycles. The number of amides is 1. The lowest BCUT2D eigenvalue weighted by atomic mass is 10.3. The summed E-state index contributed by atoms with van der Waals surface area (Å²) in [6.45, 7) is 0.773. The summed E-state index contributed by atoms with van der Waals surface area (Å²) < 4.78 is 53.0. The maximum absolute atomic E-state index is 13.6. The Morgan fingerprint density at radius 1 is 1.43 bits per heavy atom. The van der Waals surface area contributed by atoms with Crippen molar-refractivity contribution < 1.29 is 22.4 Å². The van der Waals surface area contributed by atoms with Crippen LogP contribution < -0.4 is 5.32 Å². The number of carbonyl (C=O) groups excluding carboxylic acids is 1. The molecule has 2 rings (SSSR count). The molecule has 0 saturated heterocycles. The normalized spacial score (nSPS) is 11.6. The first-order valence-electron chi connectivity index (χ1n) is 6.14. The Labute approximate surface area is 141 Å². The van der Waals surface area contributed by atoms with Crippen LogP contribution in [0.1, 0.15) is 11.4 Å². The number of alkyl halides is 3. The predicted molar refractivity (Wildman–Crippen MR) is 79.7 cm³/mol. The third kappa shape index (κ3) is 4.03. The monoisotopic (exact) mass is 413 g/mol. The van der Waals surface area contributed by atoms with E-state index in [1.807, 2.05) is 0 Å². The zero-order chi connectivity index (χ0) is 17.4. The molecule has 0 atom stereocenters.